The van der Waals surface area contributed by atoms with E-state index < -0.39 is 5.91 Å². The predicted molar refractivity (Wildman–Crippen MR) is 139 cm³/mol. The van der Waals surface area contributed by atoms with Gasteiger partial charge in [-0.05, 0) is 62.1 Å². The summed E-state index contributed by atoms with van der Waals surface area (Å²) in [5, 5.41) is 14.4. The SMILES string of the molecule is NC(=O)c1ccc(NC(=O)c2cnc3c(Nc4ccccc4)cc(NC4CCC(N)CC4)nn23)cc1. The minimum Gasteiger partial charge on any atom is -0.366 e. The van der Waals surface area contributed by atoms with Crippen LogP contribution in [0.1, 0.15) is 46.5 Å². The molecule has 0 bridgehead atoms. The fraction of sp³-hybridized carbons (Fsp3) is 0.231. The molecule has 2 aromatic heterocycles. The van der Waals surface area contributed by atoms with Crippen molar-refractivity contribution in [2.45, 2.75) is 37.8 Å². The second-order valence-electron chi connectivity index (χ2n) is 8.96. The lowest BCUT2D eigenvalue weighted by atomic mass is 9.92. The van der Waals surface area contributed by atoms with Gasteiger partial charge in [-0.15, -0.1) is 5.10 Å². The molecule has 4 aromatic rings. The molecule has 1 aliphatic rings. The second kappa shape index (κ2) is 10.0. The summed E-state index contributed by atoms with van der Waals surface area (Å²) in [6.07, 6.45) is 5.33. The first-order valence-corrected chi connectivity index (χ1v) is 11.9. The number of imidazole rings is 1. The summed E-state index contributed by atoms with van der Waals surface area (Å²) in [5.41, 5.74) is 14.7. The Morgan fingerprint density at radius 2 is 1.67 bits per heavy atom. The number of carbonyl (C=O) groups excluding carboxylic acids is 2. The zero-order chi connectivity index (χ0) is 25.1. The fourth-order valence-electron chi connectivity index (χ4n) is 4.35. The first-order valence-electron chi connectivity index (χ1n) is 11.9. The fourth-order valence-corrected chi connectivity index (χ4v) is 4.35. The maximum atomic E-state index is 13.2. The monoisotopic (exact) mass is 484 g/mol. The molecule has 1 aliphatic carbocycles. The predicted octanol–water partition coefficient (Wildman–Crippen LogP) is 3.51. The van der Waals surface area contributed by atoms with E-state index >= 15 is 0 Å². The normalized spacial score (nSPS) is 17.5. The van der Waals surface area contributed by atoms with Crippen LogP contribution in [0.4, 0.5) is 22.9 Å². The first kappa shape index (κ1) is 23.3. The van der Waals surface area contributed by atoms with Crippen LogP contribution in [0, 0.1) is 0 Å². The van der Waals surface area contributed by atoms with Gasteiger partial charge in [0.05, 0.1) is 11.9 Å². The summed E-state index contributed by atoms with van der Waals surface area (Å²) in [7, 11) is 0. The van der Waals surface area contributed by atoms with Gasteiger partial charge >= 0.3 is 0 Å². The van der Waals surface area contributed by atoms with Crippen LogP contribution < -0.4 is 27.4 Å². The van der Waals surface area contributed by atoms with Crippen molar-refractivity contribution in [1.29, 1.82) is 0 Å². The van der Waals surface area contributed by atoms with Crippen LogP contribution >= 0.6 is 0 Å². The molecule has 2 heterocycles. The summed E-state index contributed by atoms with van der Waals surface area (Å²) < 4.78 is 1.54. The molecule has 0 unspecified atom stereocenters. The largest absolute Gasteiger partial charge is 0.366 e. The van der Waals surface area contributed by atoms with Crippen molar-refractivity contribution in [2.75, 3.05) is 16.0 Å². The minimum atomic E-state index is -0.530. The highest BCUT2D eigenvalue weighted by Crippen LogP contribution is 2.27. The zero-order valence-electron chi connectivity index (χ0n) is 19.6. The second-order valence-corrected chi connectivity index (χ2v) is 8.96. The van der Waals surface area contributed by atoms with Crippen molar-refractivity contribution in [3.05, 3.63) is 78.1 Å². The number of benzene rings is 2. The van der Waals surface area contributed by atoms with Gasteiger partial charge in [0.25, 0.3) is 5.91 Å². The lowest BCUT2D eigenvalue weighted by molar-refractivity contribution is 0.0997. The summed E-state index contributed by atoms with van der Waals surface area (Å²) in [6.45, 7) is 0. The number of aromatic nitrogens is 3. The molecule has 0 radical (unpaired) electrons. The number of rotatable bonds is 7. The van der Waals surface area contributed by atoms with Gasteiger partial charge in [-0.2, -0.15) is 0 Å². The van der Waals surface area contributed by atoms with E-state index in [9.17, 15) is 9.59 Å². The van der Waals surface area contributed by atoms with Crippen LogP contribution in [0.3, 0.4) is 0 Å². The minimum absolute atomic E-state index is 0.245. The molecule has 36 heavy (non-hydrogen) atoms. The van der Waals surface area contributed by atoms with E-state index in [0.717, 1.165) is 37.1 Å². The number of para-hydroxylation sites is 1. The van der Waals surface area contributed by atoms with E-state index in [1.165, 1.54) is 10.7 Å². The molecular formula is C26H28N8O2. The Hall–Kier alpha value is -4.44. The van der Waals surface area contributed by atoms with E-state index in [4.69, 9.17) is 16.6 Å². The Kier molecular flexibility index (Phi) is 6.50. The molecule has 0 saturated heterocycles. The van der Waals surface area contributed by atoms with Gasteiger partial charge in [0, 0.05) is 35.1 Å². The Balaban J connectivity index is 1.46. The molecule has 10 heteroatoms. The standard InChI is InChI=1S/C26H28N8O2/c27-17-8-12-19(13-9-17)31-23-14-21(30-18-4-2-1-3-5-18)25-29-15-22(34(25)33-23)26(36)32-20-10-6-16(7-11-20)24(28)35/h1-7,10-11,14-15,17,19,30H,8-9,12-13,27H2,(H2,28,35)(H,31,33)(H,32,36). The van der Waals surface area contributed by atoms with Gasteiger partial charge < -0.3 is 27.4 Å². The van der Waals surface area contributed by atoms with E-state index in [-0.39, 0.29) is 23.7 Å². The third kappa shape index (κ3) is 5.13. The number of nitrogens with zero attached hydrogens (tertiary/aromatic N) is 3. The van der Waals surface area contributed by atoms with E-state index in [1.54, 1.807) is 24.3 Å². The van der Waals surface area contributed by atoms with Crippen LogP contribution in [0.5, 0.6) is 0 Å². The third-order valence-electron chi connectivity index (χ3n) is 6.30. The smallest absolute Gasteiger partial charge is 0.276 e. The molecule has 0 spiro atoms. The van der Waals surface area contributed by atoms with Crippen LogP contribution in [-0.4, -0.2) is 38.5 Å². The van der Waals surface area contributed by atoms with Crippen LogP contribution in [-0.2, 0) is 0 Å². The average molecular weight is 485 g/mol. The maximum Gasteiger partial charge on any atom is 0.276 e. The highest BCUT2D eigenvalue weighted by atomic mass is 16.2. The van der Waals surface area contributed by atoms with E-state index in [1.807, 2.05) is 36.4 Å². The van der Waals surface area contributed by atoms with Crippen LogP contribution in [0.25, 0.3) is 5.65 Å². The third-order valence-corrected chi connectivity index (χ3v) is 6.30. The van der Waals surface area contributed by atoms with Gasteiger partial charge in [0.1, 0.15) is 5.82 Å². The molecule has 0 atom stereocenters. The van der Waals surface area contributed by atoms with Crippen molar-refractivity contribution < 1.29 is 9.59 Å². The number of nitrogens with two attached hydrogens (primary N) is 2. The van der Waals surface area contributed by atoms with Gasteiger partial charge in [-0.3, -0.25) is 9.59 Å². The van der Waals surface area contributed by atoms with Crippen LogP contribution in [0.15, 0.2) is 66.9 Å². The molecule has 5 rings (SSSR count). The van der Waals surface area contributed by atoms with Crippen molar-refractivity contribution in [3.8, 4) is 0 Å². The molecule has 0 aliphatic heterocycles. The molecule has 2 aromatic carbocycles. The van der Waals surface area contributed by atoms with Crippen molar-refractivity contribution in [1.82, 2.24) is 14.6 Å². The quantitative estimate of drug-likeness (QED) is 0.269. The number of fused-ring (bicyclic) bond motifs is 1. The lowest BCUT2D eigenvalue weighted by Gasteiger charge is -2.27. The Morgan fingerprint density at radius 1 is 0.944 bits per heavy atom. The number of carbonyl (C=O) groups is 2. The molecular weight excluding hydrogens is 456 g/mol. The zero-order valence-corrected chi connectivity index (χ0v) is 19.6. The number of amides is 2. The van der Waals surface area contributed by atoms with Crippen molar-refractivity contribution >= 4 is 40.3 Å². The number of hydrogen-bond acceptors (Lipinski definition) is 7. The molecule has 2 amide bonds. The van der Waals surface area contributed by atoms with Crippen LogP contribution in [0.2, 0.25) is 0 Å². The molecule has 10 nitrogen and oxygen atoms in total. The summed E-state index contributed by atoms with van der Waals surface area (Å²) in [6, 6.07) is 18.5. The highest BCUT2D eigenvalue weighted by Gasteiger charge is 2.21. The summed E-state index contributed by atoms with van der Waals surface area (Å²) >= 11 is 0. The van der Waals surface area contributed by atoms with Gasteiger partial charge in [0.15, 0.2) is 11.3 Å². The lowest BCUT2D eigenvalue weighted by Crippen LogP contribution is -2.33. The number of primary amides is 1. The average Bonchev–Trinajstić information content (AvgIpc) is 3.31. The molecule has 1 fully saturated rings. The van der Waals surface area contributed by atoms with E-state index in [2.05, 4.69) is 20.9 Å². The topological polar surface area (TPSA) is 152 Å². The maximum absolute atomic E-state index is 13.2. The first-order chi connectivity index (χ1) is 17.5. The highest BCUT2D eigenvalue weighted by molar-refractivity contribution is 6.04. The van der Waals surface area contributed by atoms with Crippen molar-refractivity contribution in [3.63, 3.8) is 0 Å². The Morgan fingerprint density at radius 3 is 2.36 bits per heavy atom. The van der Waals surface area contributed by atoms with E-state index in [0.29, 0.717) is 22.7 Å². The van der Waals surface area contributed by atoms with Crippen molar-refractivity contribution in [2.24, 2.45) is 11.5 Å². The molecule has 184 valence electrons. The Bertz CT molecular complexity index is 1380. The van der Waals surface area contributed by atoms with Gasteiger partial charge in [-0.1, -0.05) is 18.2 Å². The van der Waals surface area contributed by atoms with Gasteiger partial charge in [0.2, 0.25) is 5.91 Å². The Labute approximate surface area is 208 Å². The van der Waals surface area contributed by atoms with Gasteiger partial charge in [-0.25, -0.2) is 9.50 Å². The number of hydrogen-bond donors (Lipinski definition) is 5. The number of nitrogens with one attached hydrogen (secondary N) is 3. The summed E-state index contributed by atoms with van der Waals surface area (Å²) in [4.78, 5) is 29.0. The molecule has 1 saturated carbocycles. The molecule has 7 N–H and O–H groups in total. The summed E-state index contributed by atoms with van der Waals surface area (Å²) in [5.74, 6) is -0.273. The number of anilines is 4.